The first-order valence-electron chi connectivity index (χ1n) is 7.24. The van der Waals surface area contributed by atoms with E-state index < -0.39 is 17.7 Å². The predicted octanol–water partition coefficient (Wildman–Crippen LogP) is 2.75. The number of carboxylic acid groups (broad SMARTS) is 1. The Balaban J connectivity index is 1.83. The molecule has 1 aliphatic carbocycles. The lowest BCUT2D eigenvalue weighted by Gasteiger charge is -2.26. The molecule has 21 heavy (non-hydrogen) atoms. The average molecular weight is 293 g/mol. The molecule has 0 bridgehead atoms. The summed E-state index contributed by atoms with van der Waals surface area (Å²) in [6, 6.07) is 4.53. The number of aryl methyl sites for hydroxylation is 1. The highest BCUT2D eigenvalue weighted by molar-refractivity contribution is 5.94. The normalized spacial score (nSPS) is 21.8. The van der Waals surface area contributed by atoms with Crippen molar-refractivity contribution < 1.29 is 19.1 Å². The highest BCUT2D eigenvalue weighted by Gasteiger charge is 2.26. The molecule has 0 saturated heterocycles. The van der Waals surface area contributed by atoms with Crippen LogP contribution in [-0.2, 0) is 4.79 Å². The molecule has 2 N–H and O–H groups in total. The van der Waals surface area contributed by atoms with Crippen LogP contribution in [0.25, 0.3) is 0 Å². The summed E-state index contributed by atoms with van der Waals surface area (Å²) in [5, 5.41) is 11.7. The smallest absolute Gasteiger partial charge is 0.306 e. The summed E-state index contributed by atoms with van der Waals surface area (Å²) in [5.41, 5.74) is 0.830. The van der Waals surface area contributed by atoms with Gasteiger partial charge in [-0.05, 0) is 56.2 Å². The van der Waals surface area contributed by atoms with E-state index in [0.717, 1.165) is 18.4 Å². The van der Waals surface area contributed by atoms with E-state index in [0.29, 0.717) is 19.4 Å². The van der Waals surface area contributed by atoms with E-state index >= 15 is 0 Å². The van der Waals surface area contributed by atoms with Gasteiger partial charge in [-0.25, -0.2) is 4.39 Å². The molecule has 0 aliphatic heterocycles. The van der Waals surface area contributed by atoms with E-state index in [-0.39, 0.29) is 17.4 Å². The van der Waals surface area contributed by atoms with Gasteiger partial charge in [0.05, 0.1) is 11.5 Å². The standard InChI is InChI=1S/C16H20FNO3/c1-10-2-7-13(14(17)8-10)15(19)18-9-11-3-5-12(6-4-11)16(20)21/h2,7-8,11-12H,3-6,9H2,1H3,(H,18,19)(H,20,21). The first kappa shape index (κ1) is 15.5. The second-order valence-electron chi connectivity index (χ2n) is 5.75. The second kappa shape index (κ2) is 6.70. The molecule has 1 saturated carbocycles. The molecule has 114 valence electrons. The van der Waals surface area contributed by atoms with Crippen molar-refractivity contribution in [2.75, 3.05) is 6.54 Å². The number of halogens is 1. The maximum absolute atomic E-state index is 13.7. The molecule has 0 atom stereocenters. The third-order valence-electron chi connectivity index (χ3n) is 4.12. The van der Waals surface area contributed by atoms with Gasteiger partial charge in [0.2, 0.25) is 0 Å². The molecule has 0 spiro atoms. The van der Waals surface area contributed by atoms with E-state index in [1.807, 2.05) is 0 Å². The van der Waals surface area contributed by atoms with Crippen LogP contribution in [-0.4, -0.2) is 23.5 Å². The fourth-order valence-electron chi connectivity index (χ4n) is 2.75. The molecule has 0 unspecified atom stereocenters. The van der Waals surface area contributed by atoms with E-state index in [2.05, 4.69) is 5.32 Å². The van der Waals surface area contributed by atoms with Crippen molar-refractivity contribution in [1.29, 1.82) is 0 Å². The van der Waals surface area contributed by atoms with Crippen molar-refractivity contribution in [2.24, 2.45) is 11.8 Å². The van der Waals surface area contributed by atoms with Crippen molar-refractivity contribution >= 4 is 11.9 Å². The van der Waals surface area contributed by atoms with Crippen LogP contribution in [0, 0.1) is 24.6 Å². The lowest BCUT2D eigenvalue weighted by molar-refractivity contribution is -0.143. The summed E-state index contributed by atoms with van der Waals surface area (Å²) < 4.78 is 13.7. The minimum absolute atomic E-state index is 0.0554. The number of hydrogen-bond donors (Lipinski definition) is 2. The van der Waals surface area contributed by atoms with Gasteiger partial charge in [-0.15, -0.1) is 0 Å². The lowest BCUT2D eigenvalue weighted by atomic mass is 9.82. The van der Waals surface area contributed by atoms with Crippen LogP contribution < -0.4 is 5.32 Å². The highest BCUT2D eigenvalue weighted by Crippen LogP contribution is 2.28. The SMILES string of the molecule is Cc1ccc(C(=O)NCC2CCC(C(=O)O)CC2)c(F)c1. The summed E-state index contributed by atoms with van der Waals surface area (Å²) in [6.07, 6.45) is 2.87. The van der Waals surface area contributed by atoms with Crippen LogP contribution in [0.4, 0.5) is 4.39 Å². The second-order valence-corrected chi connectivity index (χ2v) is 5.75. The van der Waals surface area contributed by atoms with Crippen molar-refractivity contribution in [3.8, 4) is 0 Å². The summed E-state index contributed by atoms with van der Waals surface area (Å²) in [5.74, 6) is -1.64. The summed E-state index contributed by atoms with van der Waals surface area (Å²) in [7, 11) is 0. The van der Waals surface area contributed by atoms with Crippen molar-refractivity contribution in [1.82, 2.24) is 5.32 Å². The minimum atomic E-state index is -0.737. The van der Waals surface area contributed by atoms with Crippen LogP contribution in [0.1, 0.15) is 41.6 Å². The molecule has 0 radical (unpaired) electrons. The molecule has 1 aliphatic rings. The van der Waals surface area contributed by atoms with Crippen molar-refractivity contribution in [3.63, 3.8) is 0 Å². The van der Waals surface area contributed by atoms with Crippen LogP contribution in [0.5, 0.6) is 0 Å². The number of hydrogen-bond acceptors (Lipinski definition) is 2. The number of carboxylic acids is 1. The topological polar surface area (TPSA) is 66.4 Å². The lowest BCUT2D eigenvalue weighted by Crippen LogP contribution is -2.32. The van der Waals surface area contributed by atoms with Crippen LogP contribution in [0.15, 0.2) is 18.2 Å². The zero-order valence-electron chi connectivity index (χ0n) is 12.1. The number of rotatable bonds is 4. The molecule has 1 aromatic carbocycles. The zero-order chi connectivity index (χ0) is 15.4. The van der Waals surface area contributed by atoms with Crippen LogP contribution in [0.3, 0.4) is 0 Å². The molecule has 2 rings (SSSR count). The number of carbonyl (C=O) groups excluding carboxylic acids is 1. The Hall–Kier alpha value is -1.91. The number of nitrogens with one attached hydrogen (secondary N) is 1. The minimum Gasteiger partial charge on any atom is -0.481 e. The molecular weight excluding hydrogens is 273 g/mol. The Morgan fingerprint density at radius 1 is 1.29 bits per heavy atom. The van der Waals surface area contributed by atoms with Gasteiger partial charge in [-0.1, -0.05) is 6.07 Å². The monoisotopic (exact) mass is 293 g/mol. The van der Waals surface area contributed by atoms with Gasteiger partial charge in [-0.3, -0.25) is 9.59 Å². The van der Waals surface area contributed by atoms with E-state index in [4.69, 9.17) is 5.11 Å². The average Bonchev–Trinajstić information content (AvgIpc) is 2.45. The van der Waals surface area contributed by atoms with E-state index in [1.165, 1.54) is 12.1 Å². The predicted molar refractivity (Wildman–Crippen MR) is 76.6 cm³/mol. The number of carbonyl (C=O) groups is 2. The van der Waals surface area contributed by atoms with Gasteiger partial charge in [0, 0.05) is 6.54 Å². The fraction of sp³-hybridized carbons (Fsp3) is 0.500. The van der Waals surface area contributed by atoms with Gasteiger partial charge in [0.25, 0.3) is 5.91 Å². The largest absolute Gasteiger partial charge is 0.481 e. The summed E-state index contributed by atoms with van der Waals surface area (Å²) in [6.45, 7) is 2.24. The summed E-state index contributed by atoms with van der Waals surface area (Å²) in [4.78, 5) is 22.8. The molecule has 0 heterocycles. The zero-order valence-corrected chi connectivity index (χ0v) is 12.1. The molecular formula is C16H20FNO3. The van der Waals surface area contributed by atoms with Gasteiger partial charge >= 0.3 is 5.97 Å². The molecule has 1 aromatic rings. The third-order valence-corrected chi connectivity index (χ3v) is 4.12. The van der Waals surface area contributed by atoms with Gasteiger partial charge in [0.15, 0.2) is 0 Å². The van der Waals surface area contributed by atoms with Gasteiger partial charge in [-0.2, -0.15) is 0 Å². The van der Waals surface area contributed by atoms with Gasteiger partial charge < -0.3 is 10.4 Å². The number of amides is 1. The Morgan fingerprint density at radius 3 is 2.52 bits per heavy atom. The fourth-order valence-corrected chi connectivity index (χ4v) is 2.75. The van der Waals surface area contributed by atoms with Crippen LogP contribution >= 0.6 is 0 Å². The van der Waals surface area contributed by atoms with Crippen LogP contribution in [0.2, 0.25) is 0 Å². The maximum atomic E-state index is 13.7. The Bertz CT molecular complexity index is 536. The molecule has 5 heteroatoms. The van der Waals surface area contributed by atoms with Crippen molar-refractivity contribution in [3.05, 3.63) is 35.1 Å². The Morgan fingerprint density at radius 2 is 1.95 bits per heavy atom. The quantitative estimate of drug-likeness (QED) is 0.897. The van der Waals surface area contributed by atoms with E-state index in [9.17, 15) is 14.0 Å². The third kappa shape index (κ3) is 4.03. The number of benzene rings is 1. The Labute approximate surface area is 123 Å². The molecule has 0 aromatic heterocycles. The first-order chi connectivity index (χ1) is 9.97. The van der Waals surface area contributed by atoms with E-state index in [1.54, 1.807) is 13.0 Å². The van der Waals surface area contributed by atoms with Gasteiger partial charge in [0.1, 0.15) is 5.82 Å². The van der Waals surface area contributed by atoms with Crippen molar-refractivity contribution in [2.45, 2.75) is 32.6 Å². The molecule has 4 nitrogen and oxygen atoms in total. The molecule has 1 amide bonds. The summed E-state index contributed by atoms with van der Waals surface area (Å²) >= 11 is 0. The highest BCUT2D eigenvalue weighted by atomic mass is 19.1. The first-order valence-corrected chi connectivity index (χ1v) is 7.24. The Kier molecular flexibility index (Phi) is 4.94. The number of aliphatic carboxylic acids is 1. The maximum Gasteiger partial charge on any atom is 0.306 e. The molecule has 1 fully saturated rings.